The quantitative estimate of drug-likeness (QED) is 0.604. The Morgan fingerprint density at radius 1 is 1.06 bits per heavy atom. The lowest BCUT2D eigenvalue weighted by molar-refractivity contribution is -0.144. The molecule has 0 aliphatic rings. The summed E-state index contributed by atoms with van der Waals surface area (Å²) in [6.45, 7) is 6.87. The largest absolute Gasteiger partial charge is 0.453 e. The highest BCUT2D eigenvalue weighted by Gasteiger charge is 2.37. The molecule has 0 spiro atoms. The Labute approximate surface area is 182 Å². The number of amides is 2. The second kappa shape index (κ2) is 8.93. The van der Waals surface area contributed by atoms with E-state index in [1.54, 1.807) is 19.9 Å². The fraction of sp³-hybridized carbons (Fsp3) is 0.381. The summed E-state index contributed by atoms with van der Waals surface area (Å²) in [5.41, 5.74) is 4.17. The van der Waals surface area contributed by atoms with Crippen molar-refractivity contribution in [1.29, 1.82) is 0 Å². The summed E-state index contributed by atoms with van der Waals surface area (Å²) in [5.74, 6) is -2.14. The molecule has 0 saturated carbocycles. The predicted octanol–water partition coefficient (Wildman–Crippen LogP) is 3.06. The van der Waals surface area contributed by atoms with Gasteiger partial charge >= 0.3 is 6.18 Å². The third-order valence-electron chi connectivity index (χ3n) is 5.23. The molecule has 0 radical (unpaired) electrons. The molecule has 2 aromatic heterocycles. The van der Waals surface area contributed by atoms with E-state index >= 15 is 0 Å². The number of hydrogen-bond donors (Lipinski definition) is 2. The normalized spacial score (nSPS) is 11.6. The highest BCUT2D eigenvalue weighted by atomic mass is 19.4. The molecule has 0 aliphatic heterocycles. The zero-order valence-corrected chi connectivity index (χ0v) is 18.1. The van der Waals surface area contributed by atoms with Crippen LogP contribution in [0.25, 0.3) is 5.78 Å². The van der Waals surface area contributed by atoms with Crippen molar-refractivity contribution in [3.63, 3.8) is 0 Å². The molecule has 0 unspecified atom stereocenters. The standard InChI is InChI=1S/C21H23F3N6O2/c1-11-6-5-7-16(12(11)2)27-18(32)10-25-17(31)9-8-15-13(3)26-20-28-19(21(22,23)24)29-30(20)14(15)4/h5-7H,8-10H2,1-4H3,(H,25,31)(H,27,32). The predicted molar refractivity (Wildman–Crippen MR) is 111 cm³/mol. The maximum atomic E-state index is 12.9. The van der Waals surface area contributed by atoms with Gasteiger partial charge in [0.1, 0.15) is 0 Å². The van der Waals surface area contributed by atoms with Gasteiger partial charge in [-0.3, -0.25) is 9.59 Å². The average Bonchev–Trinajstić information content (AvgIpc) is 3.14. The van der Waals surface area contributed by atoms with E-state index in [0.717, 1.165) is 15.6 Å². The van der Waals surface area contributed by atoms with Crippen molar-refractivity contribution in [2.75, 3.05) is 11.9 Å². The van der Waals surface area contributed by atoms with Gasteiger partial charge in [-0.2, -0.15) is 18.2 Å². The lowest BCUT2D eigenvalue weighted by Gasteiger charge is -2.12. The van der Waals surface area contributed by atoms with E-state index in [2.05, 4.69) is 25.7 Å². The summed E-state index contributed by atoms with van der Waals surface area (Å²) in [5, 5.41) is 8.80. The summed E-state index contributed by atoms with van der Waals surface area (Å²) in [6, 6.07) is 5.55. The lowest BCUT2D eigenvalue weighted by atomic mass is 10.1. The van der Waals surface area contributed by atoms with Crippen LogP contribution in [0.3, 0.4) is 0 Å². The first-order valence-corrected chi connectivity index (χ1v) is 9.90. The van der Waals surface area contributed by atoms with E-state index in [-0.39, 0.29) is 37.0 Å². The number of carbonyl (C=O) groups excluding carboxylic acids is 2. The average molecular weight is 448 g/mol. The lowest BCUT2D eigenvalue weighted by Crippen LogP contribution is -2.33. The maximum Gasteiger partial charge on any atom is 0.453 e. The van der Waals surface area contributed by atoms with E-state index < -0.39 is 12.0 Å². The Bertz CT molecular complexity index is 1190. The van der Waals surface area contributed by atoms with Gasteiger partial charge in [0.15, 0.2) is 0 Å². The number of rotatable bonds is 6. The van der Waals surface area contributed by atoms with E-state index in [1.807, 2.05) is 26.0 Å². The molecule has 3 aromatic rings. The number of benzene rings is 1. The van der Waals surface area contributed by atoms with Crippen LogP contribution in [-0.4, -0.2) is 37.9 Å². The molecule has 8 nitrogen and oxygen atoms in total. The van der Waals surface area contributed by atoms with Gasteiger partial charge in [0.25, 0.3) is 11.6 Å². The van der Waals surface area contributed by atoms with Gasteiger partial charge in [0.05, 0.1) is 6.54 Å². The van der Waals surface area contributed by atoms with Gasteiger partial charge in [-0.1, -0.05) is 12.1 Å². The molecule has 2 N–H and O–H groups in total. The van der Waals surface area contributed by atoms with Crippen LogP contribution in [0, 0.1) is 27.7 Å². The van der Waals surface area contributed by atoms with Gasteiger partial charge in [-0.25, -0.2) is 9.50 Å². The van der Waals surface area contributed by atoms with Crippen LogP contribution < -0.4 is 10.6 Å². The van der Waals surface area contributed by atoms with Crippen molar-refractivity contribution in [3.8, 4) is 0 Å². The molecular weight excluding hydrogens is 425 g/mol. The van der Waals surface area contributed by atoms with Crippen LogP contribution in [0.4, 0.5) is 18.9 Å². The summed E-state index contributed by atoms with van der Waals surface area (Å²) < 4.78 is 39.7. The van der Waals surface area contributed by atoms with Crippen molar-refractivity contribution in [3.05, 3.63) is 52.1 Å². The number of anilines is 1. The number of nitrogens with zero attached hydrogens (tertiary/aromatic N) is 4. The molecule has 11 heteroatoms. The topological polar surface area (TPSA) is 101 Å². The first kappa shape index (κ1) is 23.2. The summed E-state index contributed by atoms with van der Waals surface area (Å²) in [6.07, 6.45) is -4.41. The first-order valence-electron chi connectivity index (χ1n) is 9.90. The molecule has 2 amide bonds. The van der Waals surface area contributed by atoms with Crippen LogP contribution in [-0.2, 0) is 22.2 Å². The van der Waals surface area contributed by atoms with Gasteiger partial charge < -0.3 is 10.6 Å². The third-order valence-corrected chi connectivity index (χ3v) is 5.23. The molecule has 0 aliphatic carbocycles. The Morgan fingerprint density at radius 2 is 1.78 bits per heavy atom. The highest BCUT2D eigenvalue weighted by molar-refractivity contribution is 5.95. The summed E-state index contributed by atoms with van der Waals surface area (Å²) >= 11 is 0. The zero-order valence-electron chi connectivity index (χ0n) is 18.1. The molecule has 0 bridgehead atoms. The van der Waals surface area contributed by atoms with Crippen molar-refractivity contribution >= 4 is 23.3 Å². The number of halogens is 3. The van der Waals surface area contributed by atoms with Crippen LogP contribution in [0.1, 0.15) is 40.3 Å². The van der Waals surface area contributed by atoms with Gasteiger partial charge in [0, 0.05) is 23.5 Å². The number of hydrogen-bond acceptors (Lipinski definition) is 5. The van der Waals surface area contributed by atoms with Crippen LogP contribution in [0.15, 0.2) is 18.2 Å². The molecule has 3 rings (SSSR count). The smallest absolute Gasteiger partial charge is 0.347 e. The van der Waals surface area contributed by atoms with Crippen LogP contribution in [0.2, 0.25) is 0 Å². The minimum Gasteiger partial charge on any atom is -0.347 e. The van der Waals surface area contributed by atoms with Crippen molar-refractivity contribution in [2.45, 2.75) is 46.7 Å². The Morgan fingerprint density at radius 3 is 2.47 bits per heavy atom. The third kappa shape index (κ3) is 5.04. The van der Waals surface area contributed by atoms with Gasteiger partial charge in [-0.15, -0.1) is 5.10 Å². The van der Waals surface area contributed by atoms with Crippen LogP contribution in [0.5, 0.6) is 0 Å². The Hall–Kier alpha value is -3.50. The summed E-state index contributed by atoms with van der Waals surface area (Å²) in [7, 11) is 0. The molecule has 170 valence electrons. The van der Waals surface area contributed by atoms with Crippen molar-refractivity contribution in [1.82, 2.24) is 24.9 Å². The zero-order chi connectivity index (χ0) is 23.6. The van der Waals surface area contributed by atoms with Crippen molar-refractivity contribution in [2.24, 2.45) is 0 Å². The second-order valence-electron chi connectivity index (χ2n) is 7.48. The minimum atomic E-state index is -4.67. The Kier molecular flexibility index (Phi) is 6.47. The second-order valence-corrected chi connectivity index (χ2v) is 7.48. The molecule has 0 atom stereocenters. The van der Waals surface area contributed by atoms with E-state index in [4.69, 9.17) is 0 Å². The number of alkyl halides is 3. The highest BCUT2D eigenvalue weighted by Crippen LogP contribution is 2.27. The van der Waals surface area contributed by atoms with Crippen LogP contribution >= 0.6 is 0 Å². The number of aromatic nitrogens is 4. The molecule has 0 fully saturated rings. The minimum absolute atomic E-state index is 0.0342. The molecule has 0 saturated heterocycles. The van der Waals surface area contributed by atoms with Crippen molar-refractivity contribution < 1.29 is 22.8 Å². The maximum absolute atomic E-state index is 12.9. The SMILES string of the molecule is Cc1cccc(NC(=O)CNC(=O)CCc2c(C)nc3nc(C(F)(F)F)nn3c2C)c1C. The monoisotopic (exact) mass is 448 g/mol. The molecule has 32 heavy (non-hydrogen) atoms. The van der Waals surface area contributed by atoms with E-state index in [9.17, 15) is 22.8 Å². The summed E-state index contributed by atoms with van der Waals surface area (Å²) in [4.78, 5) is 31.9. The fourth-order valence-corrected chi connectivity index (χ4v) is 3.28. The molecule has 2 heterocycles. The fourth-order valence-electron chi connectivity index (χ4n) is 3.28. The number of aryl methyl sites for hydroxylation is 3. The molecule has 1 aromatic carbocycles. The number of carbonyl (C=O) groups is 2. The number of fused-ring (bicyclic) bond motifs is 1. The van der Waals surface area contributed by atoms with E-state index in [1.165, 1.54) is 0 Å². The van der Waals surface area contributed by atoms with Gasteiger partial charge in [-0.05, 0) is 56.9 Å². The first-order chi connectivity index (χ1) is 15.0. The molecular formula is C21H23F3N6O2. The van der Waals surface area contributed by atoms with Gasteiger partial charge in [0.2, 0.25) is 11.8 Å². The Balaban J connectivity index is 1.60. The van der Waals surface area contributed by atoms with E-state index in [0.29, 0.717) is 22.6 Å². The number of nitrogens with one attached hydrogen (secondary N) is 2.